The summed E-state index contributed by atoms with van der Waals surface area (Å²) >= 11 is 0. The van der Waals surface area contributed by atoms with E-state index >= 15 is 0 Å². The van der Waals surface area contributed by atoms with Crippen LogP contribution in [0.25, 0.3) is 0 Å². The van der Waals surface area contributed by atoms with E-state index < -0.39 is 5.97 Å². The minimum Gasteiger partial charge on any atom is -0.550 e. The Morgan fingerprint density at radius 1 is 0.220 bits per heavy atom. The number of carboxylic acids is 1. The Kier molecular flexibility index (Phi) is 60.2. The van der Waals surface area contributed by atoms with Gasteiger partial charge in [-0.2, -0.15) is 0 Å². The third-order valence-electron chi connectivity index (χ3n) is 13.5. The first-order valence-electron chi connectivity index (χ1n) is 28.0. The van der Waals surface area contributed by atoms with Gasteiger partial charge in [-0.3, -0.25) is 0 Å². The summed E-state index contributed by atoms with van der Waals surface area (Å²) in [5, 5.41) is 10.4. The Morgan fingerprint density at radius 3 is 0.424 bits per heavy atom. The van der Waals surface area contributed by atoms with Crippen molar-refractivity contribution in [2.75, 3.05) is 0 Å². The number of hydrogen-bond acceptors (Lipinski definition) is 2. The fourth-order valence-corrected chi connectivity index (χ4v) is 9.36. The van der Waals surface area contributed by atoms with Gasteiger partial charge >= 0.3 is 18.9 Å². The van der Waals surface area contributed by atoms with Crippen LogP contribution in [0.2, 0.25) is 0 Å². The Bertz CT molecular complexity index is 725. The first-order valence-corrected chi connectivity index (χ1v) is 28.0. The molecule has 0 aliphatic carbocycles. The number of unbranched alkanes of at least 4 members (excludes halogenated alkanes) is 52. The molecule has 0 saturated heterocycles. The van der Waals surface area contributed by atoms with Crippen LogP contribution in [0.1, 0.15) is 354 Å². The molecule has 348 valence electrons. The maximum absolute atomic E-state index is 10.4. The zero-order chi connectivity index (χ0) is 41.8. The van der Waals surface area contributed by atoms with Gasteiger partial charge in [0.15, 0.2) is 0 Å². The molecule has 0 bridgehead atoms. The van der Waals surface area contributed by atoms with Gasteiger partial charge in [0, 0.05) is 5.97 Å². The second-order valence-corrected chi connectivity index (χ2v) is 19.5. The fraction of sp³-hybridized carbons (Fsp3) is 0.982. The van der Waals surface area contributed by atoms with Crippen LogP contribution in [0.4, 0.5) is 0 Å². The molecule has 2 nitrogen and oxygen atoms in total. The third-order valence-corrected chi connectivity index (χ3v) is 13.5. The number of rotatable bonds is 54. The van der Waals surface area contributed by atoms with E-state index in [2.05, 4.69) is 6.92 Å². The predicted octanol–water partition coefficient (Wildman–Crippen LogP) is 16.8. The van der Waals surface area contributed by atoms with Crippen molar-refractivity contribution in [1.29, 1.82) is 0 Å². The molecule has 3 heteroatoms. The molecule has 0 fully saturated rings. The molecule has 0 unspecified atom stereocenters. The summed E-state index contributed by atoms with van der Waals surface area (Å²) in [5.41, 5.74) is 0. The van der Waals surface area contributed by atoms with Gasteiger partial charge in [-0.15, -0.1) is 0 Å². The Hall–Kier alpha value is 0.0674. The molecule has 0 radical (unpaired) electrons. The molecule has 0 saturated carbocycles. The zero-order valence-corrected chi connectivity index (χ0v) is 41.5. The van der Waals surface area contributed by atoms with Gasteiger partial charge in [-0.05, 0) is 12.8 Å². The molecule has 0 aromatic rings. The number of carbonyl (C=O) groups is 1. The van der Waals surface area contributed by atoms with Gasteiger partial charge in [0.25, 0.3) is 0 Å². The number of aliphatic carboxylic acids is 1. The van der Waals surface area contributed by atoms with Crippen molar-refractivity contribution >= 4 is 5.97 Å². The molecule has 0 N–H and O–H groups in total. The summed E-state index contributed by atoms with van der Waals surface area (Å²) in [7, 11) is 0. The van der Waals surface area contributed by atoms with E-state index in [0.29, 0.717) is 0 Å². The van der Waals surface area contributed by atoms with E-state index in [-0.39, 0.29) is 25.3 Å². The minimum atomic E-state index is -0.896. The molecule has 0 heterocycles. The second-order valence-electron chi connectivity index (χ2n) is 19.5. The van der Waals surface area contributed by atoms with Gasteiger partial charge in [0.1, 0.15) is 0 Å². The Balaban J connectivity index is 0. The smallest absolute Gasteiger partial charge is 0.550 e. The summed E-state index contributed by atoms with van der Waals surface area (Å²) < 4.78 is 0. The summed E-state index contributed by atoms with van der Waals surface area (Å²) in [6, 6.07) is 0. The fourth-order valence-electron chi connectivity index (χ4n) is 9.36. The van der Waals surface area contributed by atoms with Crippen LogP contribution in [0.3, 0.4) is 0 Å². The van der Waals surface area contributed by atoms with Crippen molar-refractivity contribution in [1.82, 2.24) is 0 Å². The molecule has 0 atom stereocenters. The average Bonchev–Trinajstić information content (AvgIpc) is 3.22. The van der Waals surface area contributed by atoms with Crippen molar-refractivity contribution in [2.45, 2.75) is 354 Å². The first kappa shape index (κ1) is 61.2. The van der Waals surface area contributed by atoms with Gasteiger partial charge in [0.2, 0.25) is 0 Å². The Morgan fingerprint density at radius 2 is 0.322 bits per heavy atom. The van der Waals surface area contributed by atoms with Crippen LogP contribution in [-0.4, -0.2) is 5.97 Å². The van der Waals surface area contributed by atoms with Crippen molar-refractivity contribution in [3.8, 4) is 0 Å². The number of carbonyl (C=O) groups excluding carboxylic acids is 1. The molecular weight excluding hydrogens is 712 g/mol. The van der Waals surface area contributed by atoms with E-state index in [0.717, 1.165) is 12.8 Å². The summed E-state index contributed by atoms with van der Waals surface area (Å²) in [4.78, 5) is 10.4. The monoisotopic (exact) mass is 823 g/mol. The van der Waals surface area contributed by atoms with Crippen LogP contribution >= 0.6 is 0 Å². The summed E-state index contributed by atoms with van der Waals surface area (Å²) in [6.07, 6.45) is 76.4. The third kappa shape index (κ3) is 60.2. The number of carboxylic acid groups (broad SMARTS) is 1. The van der Waals surface area contributed by atoms with Crippen LogP contribution < -0.4 is 24.0 Å². The largest absolute Gasteiger partial charge is 1.00 e. The first-order chi connectivity index (χ1) is 28.8. The molecule has 59 heavy (non-hydrogen) atoms. The maximum Gasteiger partial charge on any atom is 1.00 e. The van der Waals surface area contributed by atoms with Gasteiger partial charge in [0.05, 0.1) is 0 Å². The molecule has 0 aliphatic rings. The van der Waals surface area contributed by atoms with E-state index in [1.807, 2.05) is 0 Å². The molecule has 0 aliphatic heterocycles. The van der Waals surface area contributed by atoms with Crippen molar-refractivity contribution < 1.29 is 28.8 Å². The minimum absolute atomic E-state index is 0. The van der Waals surface area contributed by atoms with Crippen molar-refractivity contribution in [2.24, 2.45) is 0 Å². The Labute approximate surface area is 386 Å². The quantitative estimate of drug-likeness (QED) is 0.0453. The van der Waals surface area contributed by atoms with Crippen LogP contribution in [0.15, 0.2) is 0 Å². The topological polar surface area (TPSA) is 40.1 Å². The van der Waals surface area contributed by atoms with Crippen molar-refractivity contribution in [3.63, 3.8) is 0 Å². The van der Waals surface area contributed by atoms with E-state index in [4.69, 9.17) is 0 Å². The zero-order valence-electron chi connectivity index (χ0n) is 41.5. The van der Waals surface area contributed by atoms with E-state index in [1.54, 1.807) is 0 Å². The van der Waals surface area contributed by atoms with E-state index in [9.17, 15) is 9.90 Å². The SMILES string of the molecule is CCCCCCCCCCCCCCCCCCCCCCCCCCCCCCCCCCCCCCCCCCCCCCCCCCCCCCCC(=O)[O-].[Li+]. The second kappa shape index (κ2) is 58.1. The predicted molar refractivity (Wildman–Crippen MR) is 260 cm³/mol. The van der Waals surface area contributed by atoms with Crippen molar-refractivity contribution in [3.05, 3.63) is 0 Å². The van der Waals surface area contributed by atoms with Crippen LogP contribution in [0, 0.1) is 0 Å². The normalized spacial score (nSPS) is 11.4. The molecule has 0 aromatic carbocycles. The maximum atomic E-state index is 10.4. The molecule has 0 aromatic heterocycles. The molecular formula is C56H111LiO2. The van der Waals surface area contributed by atoms with Gasteiger partial charge in [-0.1, -0.05) is 341 Å². The van der Waals surface area contributed by atoms with E-state index in [1.165, 1.54) is 327 Å². The van der Waals surface area contributed by atoms with Gasteiger partial charge in [-0.25, -0.2) is 0 Å². The molecule has 0 rings (SSSR count). The molecule has 0 amide bonds. The standard InChI is InChI=1S/C56H112O2.Li/c1-2-3-4-5-6-7-8-9-10-11-12-13-14-15-16-17-18-19-20-21-22-23-24-25-26-27-28-29-30-31-32-33-34-35-36-37-38-39-40-41-42-43-44-45-46-47-48-49-50-51-52-53-54-55-56(57)58;/h2-55H2,1H3,(H,57,58);/q;+1/p-1. The van der Waals surface area contributed by atoms with Gasteiger partial charge < -0.3 is 9.90 Å². The summed E-state index contributed by atoms with van der Waals surface area (Å²) in [6.45, 7) is 2.31. The summed E-state index contributed by atoms with van der Waals surface area (Å²) in [5.74, 6) is -0.896. The van der Waals surface area contributed by atoms with Crippen LogP contribution in [-0.2, 0) is 4.79 Å². The number of hydrogen-bond donors (Lipinski definition) is 0. The average molecular weight is 823 g/mol. The van der Waals surface area contributed by atoms with Crippen LogP contribution in [0.5, 0.6) is 0 Å². The molecule has 0 spiro atoms.